The molecule has 0 aromatic heterocycles. The summed E-state index contributed by atoms with van der Waals surface area (Å²) < 4.78 is 19.4. The Labute approximate surface area is 150 Å². The van der Waals surface area contributed by atoms with Gasteiger partial charge in [0.15, 0.2) is 0 Å². The molecule has 24 heavy (non-hydrogen) atoms. The third-order valence-electron chi connectivity index (χ3n) is 4.97. The molecule has 0 saturated carbocycles. The minimum Gasteiger partial charge on any atom is -0.305 e. The quantitative estimate of drug-likeness (QED) is 0.266. The van der Waals surface area contributed by atoms with Crippen molar-refractivity contribution in [3.8, 4) is 0 Å². The molecular formula is C19H41N2O2P. The molecule has 1 aliphatic rings. The van der Waals surface area contributed by atoms with Gasteiger partial charge in [0, 0.05) is 13.1 Å². The number of nitrogens with zero attached hydrogens (tertiary/aromatic N) is 1. The van der Waals surface area contributed by atoms with Crippen molar-refractivity contribution < 1.29 is 9.09 Å². The molecule has 5 heteroatoms. The Kier molecular flexibility index (Phi) is 13.2. The first-order valence-electron chi connectivity index (χ1n) is 10.4. The second-order valence-electron chi connectivity index (χ2n) is 7.24. The zero-order valence-electron chi connectivity index (χ0n) is 16.2. The largest absolute Gasteiger partial charge is 0.343 e. The van der Waals surface area contributed by atoms with Crippen LogP contribution in [0.1, 0.15) is 96.8 Å². The van der Waals surface area contributed by atoms with Crippen molar-refractivity contribution in [1.29, 1.82) is 0 Å². The van der Waals surface area contributed by atoms with Gasteiger partial charge in [-0.05, 0) is 13.5 Å². The van der Waals surface area contributed by atoms with Crippen molar-refractivity contribution in [2.75, 3.05) is 26.7 Å². The van der Waals surface area contributed by atoms with Crippen LogP contribution in [0.5, 0.6) is 0 Å². The number of likely N-dealkylation sites (N-methyl/N-ethyl adjacent to an activating group) is 1. The molecule has 1 aliphatic heterocycles. The van der Waals surface area contributed by atoms with E-state index in [4.69, 9.17) is 4.52 Å². The smallest absolute Gasteiger partial charge is 0.305 e. The fourth-order valence-corrected chi connectivity index (χ4v) is 4.88. The minimum absolute atomic E-state index is 0.583. The first-order chi connectivity index (χ1) is 11.7. The van der Waals surface area contributed by atoms with Gasteiger partial charge in [0.25, 0.3) is 0 Å². The van der Waals surface area contributed by atoms with Crippen LogP contribution in [0, 0.1) is 0 Å². The molecular weight excluding hydrogens is 319 g/mol. The molecule has 0 bridgehead atoms. The van der Waals surface area contributed by atoms with Crippen LogP contribution < -0.4 is 5.09 Å². The molecule has 1 fully saturated rings. The number of hydrogen-bond acceptors (Lipinski definition) is 2. The van der Waals surface area contributed by atoms with Crippen LogP contribution in [0.4, 0.5) is 0 Å². The molecule has 1 heterocycles. The van der Waals surface area contributed by atoms with Crippen LogP contribution in [0.15, 0.2) is 0 Å². The Bertz CT molecular complexity index is 339. The highest BCUT2D eigenvalue weighted by Crippen LogP contribution is 2.48. The van der Waals surface area contributed by atoms with E-state index in [9.17, 15) is 4.57 Å². The van der Waals surface area contributed by atoms with Gasteiger partial charge in [0.05, 0.1) is 6.61 Å². The van der Waals surface area contributed by atoms with Crippen LogP contribution in [-0.2, 0) is 9.09 Å². The summed E-state index contributed by atoms with van der Waals surface area (Å²) in [7, 11) is -0.797. The van der Waals surface area contributed by atoms with E-state index in [1.807, 2.05) is 11.7 Å². The van der Waals surface area contributed by atoms with Gasteiger partial charge in [-0.3, -0.25) is 4.57 Å². The third kappa shape index (κ3) is 10.2. The summed E-state index contributed by atoms with van der Waals surface area (Å²) in [5.74, 6) is 0. The lowest BCUT2D eigenvalue weighted by atomic mass is 10.0. The monoisotopic (exact) mass is 360 g/mol. The molecule has 1 saturated heterocycles. The Morgan fingerprint density at radius 1 is 0.833 bits per heavy atom. The Morgan fingerprint density at radius 2 is 1.29 bits per heavy atom. The lowest BCUT2D eigenvalue weighted by Gasteiger charge is -2.18. The minimum atomic E-state index is -2.66. The van der Waals surface area contributed by atoms with E-state index in [1.54, 1.807) is 0 Å². The van der Waals surface area contributed by atoms with Gasteiger partial charge < -0.3 is 4.52 Å². The SMILES string of the molecule is CCCCCCCCCCCCCCCCNP1(=O)OCCN1C. The summed E-state index contributed by atoms with van der Waals surface area (Å²) in [6, 6.07) is 0. The predicted molar refractivity (Wildman–Crippen MR) is 105 cm³/mol. The lowest BCUT2D eigenvalue weighted by molar-refractivity contribution is 0.349. The van der Waals surface area contributed by atoms with E-state index < -0.39 is 7.67 Å². The summed E-state index contributed by atoms with van der Waals surface area (Å²) in [6.07, 6.45) is 19.1. The van der Waals surface area contributed by atoms with Gasteiger partial charge >= 0.3 is 7.67 Å². The summed E-state index contributed by atoms with van der Waals surface area (Å²) in [6.45, 7) is 4.43. The fourth-order valence-electron chi connectivity index (χ4n) is 3.23. The van der Waals surface area contributed by atoms with E-state index >= 15 is 0 Å². The maximum absolute atomic E-state index is 12.3. The molecule has 1 N–H and O–H groups in total. The van der Waals surface area contributed by atoms with Crippen molar-refractivity contribution in [1.82, 2.24) is 9.76 Å². The molecule has 4 nitrogen and oxygen atoms in total. The summed E-state index contributed by atoms with van der Waals surface area (Å²) in [5.41, 5.74) is 0. The van der Waals surface area contributed by atoms with E-state index in [2.05, 4.69) is 12.0 Å². The van der Waals surface area contributed by atoms with Gasteiger partial charge in [-0.15, -0.1) is 0 Å². The molecule has 144 valence electrons. The Balaban J connectivity index is 1.76. The van der Waals surface area contributed by atoms with Crippen molar-refractivity contribution in [3.63, 3.8) is 0 Å². The van der Waals surface area contributed by atoms with Crippen LogP contribution in [-0.4, -0.2) is 31.4 Å². The van der Waals surface area contributed by atoms with Crippen molar-refractivity contribution in [2.45, 2.75) is 96.8 Å². The Hall–Kier alpha value is 0.110. The summed E-state index contributed by atoms with van der Waals surface area (Å²) in [5, 5.41) is 3.11. The molecule has 0 amide bonds. The lowest BCUT2D eigenvalue weighted by Crippen LogP contribution is -2.21. The van der Waals surface area contributed by atoms with Crippen molar-refractivity contribution in [3.05, 3.63) is 0 Å². The van der Waals surface area contributed by atoms with Gasteiger partial charge in [-0.2, -0.15) is 0 Å². The molecule has 0 aromatic carbocycles. The van der Waals surface area contributed by atoms with E-state index in [1.165, 1.54) is 83.5 Å². The molecule has 1 atom stereocenters. The highest BCUT2D eigenvalue weighted by Gasteiger charge is 2.33. The first kappa shape index (κ1) is 22.2. The van der Waals surface area contributed by atoms with Gasteiger partial charge in [0.1, 0.15) is 0 Å². The molecule has 0 radical (unpaired) electrons. The number of hydrogen-bond donors (Lipinski definition) is 1. The molecule has 0 aromatic rings. The highest BCUT2D eigenvalue weighted by molar-refractivity contribution is 7.54. The summed E-state index contributed by atoms with van der Waals surface area (Å²) >= 11 is 0. The van der Waals surface area contributed by atoms with Crippen molar-refractivity contribution in [2.24, 2.45) is 0 Å². The number of unbranched alkanes of at least 4 members (excludes halogenated alkanes) is 13. The topological polar surface area (TPSA) is 41.6 Å². The normalized spacial score (nSPS) is 21.6. The maximum Gasteiger partial charge on any atom is 0.343 e. The first-order valence-corrected chi connectivity index (χ1v) is 12.0. The van der Waals surface area contributed by atoms with Crippen LogP contribution >= 0.6 is 7.67 Å². The van der Waals surface area contributed by atoms with Gasteiger partial charge in [0.2, 0.25) is 0 Å². The van der Waals surface area contributed by atoms with Crippen LogP contribution in [0.2, 0.25) is 0 Å². The van der Waals surface area contributed by atoms with E-state index in [-0.39, 0.29) is 0 Å². The van der Waals surface area contributed by atoms with E-state index in [0.717, 1.165) is 19.5 Å². The van der Waals surface area contributed by atoms with Crippen LogP contribution in [0.25, 0.3) is 0 Å². The third-order valence-corrected chi connectivity index (χ3v) is 7.23. The second kappa shape index (κ2) is 14.3. The fraction of sp³-hybridized carbons (Fsp3) is 1.00. The average molecular weight is 361 g/mol. The number of nitrogens with one attached hydrogen (secondary N) is 1. The standard InChI is InChI=1S/C19H41N2O2P/c1-3-4-5-6-7-8-9-10-11-12-13-14-15-16-17-20-24(22)21(2)18-19-23-24/h3-19H2,1-2H3,(H,20,22). The molecule has 1 rings (SSSR count). The molecule has 0 aliphatic carbocycles. The maximum atomic E-state index is 12.3. The van der Waals surface area contributed by atoms with Crippen molar-refractivity contribution >= 4 is 7.67 Å². The van der Waals surface area contributed by atoms with E-state index in [0.29, 0.717) is 6.61 Å². The zero-order chi connectivity index (χ0) is 17.5. The number of rotatable bonds is 16. The second-order valence-corrected chi connectivity index (χ2v) is 9.54. The predicted octanol–water partition coefficient (Wildman–Crippen LogP) is 6.13. The Morgan fingerprint density at radius 3 is 1.71 bits per heavy atom. The molecule has 1 unspecified atom stereocenters. The van der Waals surface area contributed by atoms with Crippen LogP contribution in [0.3, 0.4) is 0 Å². The summed E-state index contributed by atoms with van der Waals surface area (Å²) in [4.78, 5) is 0. The molecule has 0 spiro atoms. The zero-order valence-corrected chi connectivity index (χ0v) is 17.1. The van der Waals surface area contributed by atoms with Gasteiger partial charge in [-0.25, -0.2) is 9.76 Å². The van der Waals surface area contributed by atoms with Gasteiger partial charge in [-0.1, -0.05) is 90.4 Å². The highest BCUT2D eigenvalue weighted by atomic mass is 31.2. The average Bonchev–Trinajstić information content (AvgIpc) is 2.90.